The van der Waals surface area contributed by atoms with E-state index in [2.05, 4.69) is 10.3 Å². The summed E-state index contributed by atoms with van der Waals surface area (Å²) in [6.45, 7) is 1.35. The van der Waals surface area contributed by atoms with Crippen molar-refractivity contribution in [2.45, 2.75) is 19.6 Å². The van der Waals surface area contributed by atoms with Crippen molar-refractivity contribution in [1.29, 1.82) is 0 Å². The van der Waals surface area contributed by atoms with Gasteiger partial charge in [0.25, 0.3) is 5.91 Å². The van der Waals surface area contributed by atoms with E-state index in [0.717, 1.165) is 0 Å². The lowest BCUT2D eigenvalue weighted by Crippen LogP contribution is -2.30. The molecule has 2 N–H and O–H groups in total. The molecule has 2 rings (SSSR count). The first-order chi connectivity index (χ1) is 11.0. The number of nitrogens with zero attached hydrogens (tertiary/aromatic N) is 1. The number of hydrogen-bond acceptors (Lipinski definition) is 5. The second-order valence-electron chi connectivity index (χ2n) is 4.75. The smallest absolute Gasteiger partial charge is 0.338 e. The summed E-state index contributed by atoms with van der Waals surface area (Å²) in [6, 6.07) is 9.41. The molecule has 0 fully saturated rings. The van der Waals surface area contributed by atoms with Crippen LogP contribution in [0.1, 0.15) is 22.8 Å². The minimum absolute atomic E-state index is 0.109. The minimum atomic E-state index is -0.988. The van der Waals surface area contributed by atoms with Crippen LogP contribution in [0.5, 0.6) is 0 Å². The summed E-state index contributed by atoms with van der Waals surface area (Å²) in [6.07, 6.45) is 0.411. The molecule has 0 saturated heterocycles. The monoisotopic (exact) mass is 334 g/mol. The van der Waals surface area contributed by atoms with E-state index in [-0.39, 0.29) is 6.61 Å². The molecule has 0 bridgehead atoms. The maximum absolute atomic E-state index is 12.0. The molecule has 2 aromatic rings. The van der Waals surface area contributed by atoms with Crippen molar-refractivity contribution in [3.05, 3.63) is 58.7 Å². The van der Waals surface area contributed by atoms with Crippen molar-refractivity contribution >= 4 is 29.3 Å². The SMILES string of the molecule is C[C@H](OC(=O)c1ccc(CO)cc1)C(=O)Nc1ccc(Cl)cn1. The Kier molecular flexibility index (Phi) is 5.67. The van der Waals surface area contributed by atoms with Gasteiger partial charge in [0, 0.05) is 6.20 Å². The third-order valence-corrected chi connectivity index (χ3v) is 3.23. The van der Waals surface area contributed by atoms with E-state index in [1.807, 2.05) is 0 Å². The van der Waals surface area contributed by atoms with Crippen molar-refractivity contribution in [2.24, 2.45) is 0 Å². The number of aliphatic hydroxyl groups is 1. The van der Waals surface area contributed by atoms with E-state index in [9.17, 15) is 9.59 Å². The lowest BCUT2D eigenvalue weighted by molar-refractivity contribution is -0.123. The quantitative estimate of drug-likeness (QED) is 0.820. The van der Waals surface area contributed by atoms with Gasteiger partial charge >= 0.3 is 5.97 Å². The van der Waals surface area contributed by atoms with E-state index >= 15 is 0 Å². The number of halogens is 1. The molecule has 1 aromatic carbocycles. The van der Waals surface area contributed by atoms with Crippen LogP contribution in [0.3, 0.4) is 0 Å². The molecule has 120 valence electrons. The van der Waals surface area contributed by atoms with Crippen LogP contribution in [0.4, 0.5) is 5.82 Å². The molecule has 0 aliphatic heterocycles. The summed E-state index contributed by atoms with van der Waals surface area (Å²) in [5.74, 6) is -0.809. The Bertz CT molecular complexity index is 686. The van der Waals surface area contributed by atoms with Crippen LogP contribution in [-0.2, 0) is 16.1 Å². The molecule has 1 amide bonds. The number of aromatic nitrogens is 1. The fourth-order valence-corrected chi connectivity index (χ4v) is 1.82. The van der Waals surface area contributed by atoms with Gasteiger partial charge in [-0.05, 0) is 36.8 Å². The molecule has 0 spiro atoms. The van der Waals surface area contributed by atoms with Crippen molar-refractivity contribution < 1.29 is 19.4 Å². The molecule has 6 nitrogen and oxygen atoms in total. The largest absolute Gasteiger partial charge is 0.449 e. The fourth-order valence-electron chi connectivity index (χ4n) is 1.71. The first kappa shape index (κ1) is 16.9. The molecule has 0 saturated carbocycles. The zero-order valence-corrected chi connectivity index (χ0v) is 13.1. The number of carbonyl (C=O) groups excluding carboxylic acids is 2. The highest BCUT2D eigenvalue weighted by atomic mass is 35.5. The second kappa shape index (κ2) is 7.71. The van der Waals surface area contributed by atoms with Crippen LogP contribution in [0.2, 0.25) is 5.02 Å². The van der Waals surface area contributed by atoms with Gasteiger partial charge in [0.2, 0.25) is 0 Å². The van der Waals surface area contributed by atoms with Crippen molar-refractivity contribution in [3.8, 4) is 0 Å². The van der Waals surface area contributed by atoms with Gasteiger partial charge in [-0.3, -0.25) is 4.79 Å². The Labute approximate surface area is 138 Å². The fraction of sp³-hybridized carbons (Fsp3) is 0.188. The lowest BCUT2D eigenvalue weighted by Gasteiger charge is -2.13. The normalized spacial score (nSPS) is 11.6. The number of anilines is 1. The van der Waals surface area contributed by atoms with Gasteiger partial charge in [0.1, 0.15) is 5.82 Å². The summed E-state index contributed by atoms with van der Waals surface area (Å²) in [5.41, 5.74) is 0.979. The van der Waals surface area contributed by atoms with Gasteiger partial charge in [-0.2, -0.15) is 0 Å². The third kappa shape index (κ3) is 4.77. The molecule has 1 aromatic heterocycles. The number of carbonyl (C=O) groups is 2. The van der Waals surface area contributed by atoms with Gasteiger partial charge in [-0.15, -0.1) is 0 Å². The first-order valence-electron chi connectivity index (χ1n) is 6.83. The van der Waals surface area contributed by atoms with Gasteiger partial charge in [0.05, 0.1) is 17.2 Å². The summed E-state index contributed by atoms with van der Waals surface area (Å²) in [5, 5.41) is 11.9. The Morgan fingerprint density at radius 3 is 2.52 bits per heavy atom. The van der Waals surface area contributed by atoms with Crippen LogP contribution in [0.15, 0.2) is 42.6 Å². The molecule has 0 unspecified atom stereocenters. The molecule has 0 aliphatic carbocycles. The average molecular weight is 335 g/mol. The van der Waals surface area contributed by atoms with Gasteiger partial charge in [0.15, 0.2) is 6.10 Å². The van der Waals surface area contributed by atoms with Crippen molar-refractivity contribution in [1.82, 2.24) is 4.98 Å². The zero-order valence-electron chi connectivity index (χ0n) is 12.3. The zero-order chi connectivity index (χ0) is 16.8. The van der Waals surface area contributed by atoms with Gasteiger partial charge < -0.3 is 15.2 Å². The molecule has 7 heteroatoms. The molecular formula is C16H15ClN2O4. The Hall–Kier alpha value is -2.44. The topological polar surface area (TPSA) is 88.5 Å². The van der Waals surface area contributed by atoms with Crippen LogP contribution in [-0.4, -0.2) is 28.1 Å². The van der Waals surface area contributed by atoms with Crippen LogP contribution in [0, 0.1) is 0 Å². The number of nitrogens with one attached hydrogen (secondary N) is 1. The summed E-state index contributed by atoms with van der Waals surface area (Å²) >= 11 is 5.71. The summed E-state index contributed by atoms with van der Waals surface area (Å²) in [4.78, 5) is 27.9. The molecule has 1 atom stereocenters. The molecule has 23 heavy (non-hydrogen) atoms. The summed E-state index contributed by atoms with van der Waals surface area (Å²) in [7, 11) is 0. The summed E-state index contributed by atoms with van der Waals surface area (Å²) < 4.78 is 5.10. The van der Waals surface area contributed by atoms with Crippen LogP contribution >= 0.6 is 11.6 Å². The molecule has 0 radical (unpaired) electrons. The van der Waals surface area contributed by atoms with E-state index in [0.29, 0.717) is 22.0 Å². The number of pyridine rings is 1. The number of ether oxygens (including phenoxy) is 1. The Morgan fingerprint density at radius 2 is 1.96 bits per heavy atom. The van der Waals surface area contributed by atoms with E-state index < -0.39 is 18.0 Å². The van der Waals surface area contributed by atoms with Crippen LogP contribution < -0.4 is 5.32 Å². The Morgan fingerprint density at radius 1 is 1.26 bits per heavy atom. The minimum Gasteiger partial charge on any atom is -0.449 e. The highest BCUT2D eigenvalue weighted by molar-refractivity contribution is 6.30. The number of hydrogen-bond donors (Lipinski definition) is 2. The van der Waals surface area contributed by atoms with E-state index in [4.69, 9.17) is 21.4 Å². The Balaban J connectivity index is 1.94. The maximum atomic E-state index is 12.0. The standard InChI is InChI=1S/C16H15ClN2O4/c1-10(15(21)19-14-7-6-13(17)8-18-14)23-16(22)12-4-2-11(9-20)3-5-12/h2-8,10,20H,9H2,1H3,(H,18,19,21)/t10-/m0/s1. The van der Waals surface area contributed by atoms with Crippen molar-refractivity contribution in [3.63, 3.8) is 0 Å². The third-order valence-electron chi connectivity index (χ3n) is 3.00. The van der Waals surface area contributed by atoms with Gasteiger partial charge in [-0.1, -0.05) is 23.7 Å². The second-order valence-corrected chi connectivity index (χ2v) is 5.19. The average Bonchev–Trinajstić information content (AvgIpc) is 2.56. The highest BCUT2D eigenvalue weighted by Crippen LogP contribution is 2.11. The van der Waals surface area contributed by atoms with E-state index in [1.165, 1.54) is 25.3 Å². The lowest BCUT2D eigenvalue weighted by atomic mass is 10.1. The number of esters is 1. The molecule has 1 heterocycles. The molecular weight excluding hydrogens is 320 g/mol. The predicted molar refractivity (Wildman–Crippen MR) is 85.1 cm³/mol. The highest BCUT2D eigenvalue weighted by Gasteiger charge is 2.19. The number of benzene rings is 1. The number of aliphatic hydroxyl groups excluding tert-OH is 1. The number of amides is 1. The molecule has 0 aliphatic rings. The van der Waals surface area contributed by atoms with Crippen LogP contribution in [0.25, 0.3) is 0 Å². The first-order valence-corrected chi connectivity index (χ1v) is 7.20. The van der Waals surface area contributed by atoms with Gasteiger partial charge in [-0.25, -0.2) is 9.78 Å². The van der Waals surface area contributed by atoms with Crippen molar-refractivity contribution in [2.75, 3.05) is 5.32 Å². The predicted octanol–water partition coefficient (Wildman–Crippen LogP) is 2.41. The maximum Gasteiger partial charge on any atom is 0.338 e. The number of rotatable bonds is 5. The van der Waals surface area contributed by atoms with E-state index in [1.54, 1.807) is 24.3 Å².